The number of nitrogens with zero attached hydrogens (tertiary/aromatic N) is 4. The minimum Gasteiger partial charge on any atom is -0.309 e. The summed E-state index contributed by atoms with van der Waals surface area (Å²) in [7, 11) is 0. The highest BCUT2D eigenvalue weighted by Gasteiger charge is 2.34. The van der Waals surface area contributed by atoms with Crippen LogP contribution in [-0.4, -0.2) is 0 Å². The summed E-state index contributed by atoms with van der Waals surface area (Å²) in [6.07, 6.45) is 0. The standard InChI is InChI=1S/C88H94N4/c1-55(2)63-33-17-25-41-75(63)89(76-42-26-18-34-64(76)56(3)4)83-53-84(90(77-43-27-19-35-65(77)57(5)6)78-44-28-20-36-66(78)58(7)8)72-51-52-74-86(92(81-47-31-23-39-69(81)61(13)14)82-48-32-24-40-70(82)62(15)16)54-85(73-50-49-71(83)87(72)88(73)74)91(79-45-29-21-37-67(79)59(9)10)80-46-30-22-38-68(80)60(11)12/h17-62H,1-16H3. The monoisotopic (exact) mass is 1210 g/mol. The Labute approximate surface area is 550 Å². The molecule has 0 heterocycles. The summed E-state index contributed by atoms with van der Waals surface area (Å²) in [4.78, 5) is 10.6. The van der Waals surface area contributed by atoms with E-state index in [4.69, 9.17) is 0 Å². The van der Waals surface area contributed by atoms with E-state index in [1.165, 1.54) is 122 Å². The van der Waals surface area contributed by atoms with Crippen LogP contribution < -0.4 is 19.6 Å². The summed E-state index contributed by atoms with van der Waals surface area (Å²) in [5.74, 6) is 1.88. The van der Waals surface area contributed by atoms with Crippen LogP contribution in [0.3, 0.4) is 0 Å². The molecule has 0 spiro atoms. The van der Waals surface area contributed by atoms with Gasteiger partial charge in [-0.2, -0.15) is 0 Å². The van der Waals surface area contributed by atoms with E-state index in [0.717, 1.165) is 22.7 Å². The van der Waals surface area contributed by atoms with Gasteiger partial charge in [0.2, 0.25) is 0 Å². The van der Waals surface area contributed by atoms with Gasteiger partial charge in [0.1, 0.15) is 0 Å². The summed E-state index contributed by atoms with van der Waals surface area (Å²) < 4.78 is 0. The zero-order chi connectivity index (χ0) is 64.8. The molecule has 0 atom stereocenters. The van der Waals surface area contributed by atoms with Crippen molar-refractivity contribution in [3.05, 3.63) is 275 Å². The van der Waals surface area contributed by atoms with E-state index in [2.05, 4.69) is 361 Å². The van der Waals surface area contributed by atoms with Gasteiger partial charge in [0, 0.05) is 77.8 Å². The third-order valence-corrected chi connectivity index (χ3v) is 19.2. The lowest BCUT2D eigenvalue weighted by molar-refractivity contribution is 0.853. The van der Waals surface area contributed by atoms with Gasteiger partial charge in [-0.25, -0.2) is 0 Å². The van der Waals surface area contributed by atoms with Crippen LogP contribution >= 0.6 is 0 Å². The number of benzene rings is 12. The maximum atomic E-state index is 2.65. The topological polar surface area (TPSA) is 13.0 Å². The van der Waals surface area contributed by atoms with Crippen molar-refractivity contribution < 1.29 is 0 Å². The number of para-hydroxylation sites is 8. The number of anilines is 12. The van der Waals surface area contributed by atoms with Gasteiger partial charge in [0.25, 0.3) is 0 Å². The first-order valence-electron chi connectivity index (χ1n) is 34.1. The average molecular weight is 1210 g/mol. The molecule has 0 aromatic heterocycles. The fraction of sp³-hybridized carbons (Fsp3) is 0.273. The molecule has 0 unspecified atom stereocenters. The van der Waals surface area contributed by atoms with Gasteiger partial charge in [-0.15, -0.1) is 0 Å². The Bertz CT molecular complexity index is 3810. The van der Waals surface area contributed by atoms with Crippen molar-refractivity contribution >= 4 is 101 Å². The third-order valence-electron chi connectivity index (χ3n) is 19.2. The van der Waals surface area contributed by atoms with Gasteiger partial charge in [0.05, 0.1) is 22.7 Å². The van der Waals surface area contributed by atoms with Crippen molar-refractivity contribution in [2.24, 2.45) is 0 Å². The third kappa shape index (κ3) is 11.4. The molecule has 0 fully saturated rings. The SMILES string of the molecule is CC(C)c1ccccc1N(c1ccccc1C(C)C)c1cc(N(c2ccccc2C(C)C)c2ccccc2C(C)C)c2ccc3c(N(c4ccccc4C(C)C)c4ccccc4C(C)C)cc(N(c4ccccc4C(C)C)c4ccccc4C(C)C)c4ccc1c2c43. The smallest absolute Gasteiger partial charge is 0.0561 e. The zero-order valence-electron chi connectivity index (χ0n) is 57.3. The Kier molecular flexibility index (Phi) is 18.0. The van der Waals surface area contributed by atoms with Crippen LogP contribution in [-0.2, 0) is 0 Å². The second-order valence-corrected chi connectivity index (χ2v) is 28.0. The van der Waals surface area contributed by atoms with Crippen LogP contribution in [0.2, 0.25) is 0 Å². The molecule has 0 bridgehead atoms. The summed E-state index contributed by atoms with van der Waals surface area (Å²) >= 11 is 0. The van der Waals surface area contributed by atoms with Gasteiger partial charge < -0.3 is 19.6 Å². The molecule has 0 aliphatic carbocycles. The second-order valence-electron chi connectivity index (χ2n) is 28.0. The number of hydrogen-bond acceptors (Lipinski definition) is 4. The lowest BCUT2D eigenvalue weighted by Crippen LogP contribution is -2.19. The van der Waals surface area contributed by atoms with Gasteiger partial charge >= 0.3 is 0 Å². The van der Waals surface area contributed by atoms with E-state index in [1.807, 2.05) is 0 Å². The molecule has 12 aromatic carbocycles. The van der Waals surface area contributed by atoms with Crippen molar-refractivity contribution in [1.29, 1.82) is 0 Å². The Hall–Kier alpha value is -9.12. The lowest BCUT2D eigenvalue weighted by Gasteiger charge is -2.37. The molecule has 12 aromatic rings. The maximum absolute atomic E-state index is 2.65. The molecule has 0 radical (unpaired) electrons. The second kappa shape index (κ2) is 26.2. The Balaban J connectivity index is 1.39. The van der Waals surface area contributed by atoms with E-state index < -0.39 is 0 Å². The molecule has 12 rings (SSSR count). The van der Waals surface area contributed by atoms with E-state index in [1.54, 1.807) is 0 Å². The van der Waals surface area contributed by atoms with E-state index in [9.17, 15) is 0 Å². The first-order chi connectivity index (χ1) is 44.4. The summed E-state index contributed by atoms with van der Waals surface area (Å²) in [5.41, 5.74) is 24.3. The van der Waals surface area contributed by atoms with Crippen LogP contribution in [0.25, 0.3) is 32.3 Å². The maximum Gasteiger partial charge on any atom is 0.0561 e. The van der Waals surface area contributed by atoms with E-state index >= 15 is 0 Å². The normalized spacial score (nSPS) is 12.0. The molecule has 0 amide bonds. The molecule has 4 nitrogen and oxygen atoms in total. The van der Waals surface area contributed by atoms with Crippen LogP contribution in [0.15, 0.2) is 231 Å². The highest BCUT2D eigenvalue weighted by molar-refractivity contribution is 6.33. The predicted molar refractivity (Wildman–Crippen MR) is 402 cm³/mol. The minimum atomic E-state index is 0.235. The largest absolute Gasteiger partial charge is 0.309 e. The van der Waals surface area contributed by atoms with Gasteiger partial charge in [0.15, 0.2) is 0 Å². The highest BCUT2D eigenvalue weighted by Crippen LogP contribution is 2.58. The molecule has 0 saturated heterocycles. The van der Waals surface area contributed by atoms with Gasteiger partial charge in [-0.3, -0.25) is 0 Å². The van der Waals surface area contributed by atoms with Crippen molar-refractivity contribution in [2.45, 2.75) is 158 Å². The minimum absolute atomic E-state index is 0.235. The molecule has 4 heteroatoms. The number of rotatable bonds is 20. The molecule has 0 N–H and O–H groups in total. The van der Waals surface area contributed by atoms with Crippen molar-refractivity contribution in [3.8, 4) is 0 Å². The Morgan fingerprint density at radius 3 is 0.424 bits per heavy atom. The molecular formula is C88H94N4. The van der Waals surface area contributed by atoms with Gasteiger partial charge in [-0.1, -0.05) is 281 Å². The fourth-order valence-electron chi connectivity index (χ4n) is 14.7. The molecule has 466 valence electrons. The predicted octanol–water partition coefficient (Wildman–Crippen LogP) is 27.5. The quantitative estimate of drug-likeness (QED) is 0.0705. The van der Waals surface area contributed by atoms with Crippen LogP contribution in [0.5, 0.6) is 0 Å². The number of hydrogen-bond donors (Lipinski definition) is 0. The van der Waals surface area contributed by atoms with Crippen molar-refractivity contribution in [3.63, 3.8) is 0 Å². The van der Waals surface area contributed by atoms with Crippen LogP contribution in [0, 0.1) is 0 Å². The average Bonchev–Trinajstić information content (AvgIpc) is 0.700. The van der Waals surface area contributed by atoms with Crippen molar-refractivity contribution in [2.75, 3.05) is 19.6 Å². The van der Waals surface area contributed by atoms with E-state index in [0.29, 0.717) is 0 Å². The summed E-state index contributed by atoms with van der Waals surface area (Å²) in [6, 6.07) is 88.5. The Morgan fingerprint density at radius 2 is 0.293 bits per heavy atom. The molecule has 0 saturated carbocycles. The molecular weight excluding hydrogens is 1110 g/mol. The first-order valence-corrected chi connectivity index (χ1v) is 34.1. The van der Waals surface area contributed by atoms with E-state index in [-0.39, 0.29) is 47.3 Å². The van der Waals surface area contributed by atoms with Gasteiger partial charge in [-0.05, 0) is 153 Å². The molecule has 0 aliphatic rings. The molecule has 92 heavy (non-hydrogen) atoms. The zero-order valence-corrected chi connectivity index (χ0v) is 57.3. The lowest BCUT2D eigenvalue weighted by atomic mass is 9.87. The van der Waals surface area contributed by atoms with Crippen LogP contribution in [0.1, 0.15) is 203 Å². The highest BCUT2D eigenvalue weighted by atomic mass is 15.2. The Morgan fingerprint density at radius 1 is 0.163 bits per heavy atom. The summed E-state index contributed by atoms with van der Waals surface area (Å²) in [5, 5.41) is 7.19. The first kappa shape index (κ1) is 63.0. The summed E-state index contributed by atoms with van der Waals surface area (Å²) in [6.45, 7) is 37.5. The van der Waals surface area contributed by atoms with Crippen LogP contribution in [0.4, 0.5) is 68.2 Å². The molecule has 0 aliphatic heterocycles. The van der Waals surface area contributed by atoms with Crippen molar-refractivity contribution in [1.82, 2.24) is 0 Å². The fourth-order valence-corrected chi connectivity index (χ4v) is 14.7.